The highest BCUT2D eigenvalue weighted by molar-refractivity contribution is 7.89. The number of amides is 3. The van der Waals surface area contributed by atoms with Gasteiger partial charge in [-0.2, -0.15) is 4.31 Å². The number of carbonyl (C=O) groups excluding carboxylic acids is 2. The van der Waals surface area contributed by atoms with Crippen LogP contribution >= 0.6 is 11.6 Å². The highest BCUT2D eigenvalue weighted by atomic mass is 35.5. The predicted molar refractivity (Wildman–Crippen MR) is 102 cm³/mol. The van der Waals surface area contributed by atoms with Crippen molar-refractivity contribution in [3.05, 3.63) is 29.3 Å². The first kappa shape index (κ1) is 21.6. The van der Waals surface area contributed by atoms with Gasteiger partial charge in [-0.25, -0.2) is 13.2 Å². The number of piperazine rings is 1. The van der Waals surface area contributed by atoms with E-state index in [0.717, 1.165) is 4.90 Å². The van der Waals surface area contributed by atoms with Crippen LogP contribution in [0.15, 0.2) is 29.2 Å². The molecule has 0 aromatic heterocycles. The summed E-state index contributed by atoms with van der Waals surface area (Å²) in [7, 11) is -3.62. The molecule has 27 heavy (non-hydrogen) atoms. The van der Waals surface area contributed by atoms with E-state index in [1.807, 2.05) is 0 Å². The molecule has 1 fully saturated rings. The van der Waals surface area contributed by atoms with Crippen molar-refractivity contribution in [2.75, 3.05) is 26.2 Å². The lowest BCUT2D eigenvalue weighted by atomic mass is 10.2. The fraction of sp³-hybridized carbons (Fsp3) is 0.529. The zero-order valence-corrected chi connectivity index (χ0v) is 17.2. The topological polar surface area (TPSA) is 100 Å². The van der Waals surface area contributed by atoms with Crippen molar-refractivity contribution in [3.8, 4) is 0 Å². The molecule has 1 aliphatic heterocycles. The van der Waals surface area contributed by atoms with Gasteiger partial charge >= 0.3 is 6.03 Å². The highest BCUT2D eigenvalue weighted by Gasteiger charge is 2.34. The summed E-state index contributed by atoms with van der Waals surface area (Å²) in [6.07, 6.45) is 0. The Morgan fingerprint density at radius 3 is 2.37 bits per heavy atom. The van der Waals surface area contributed by atoms with E-state index in [1.165, 1.54) is 16.4 Å². The number of urea groups is 1. The zero-order valence-electron chi connectivity index (χ0n) is 15.7. The average Bonchev–Trinajstić information content (AvgIpc) is 2.60. The molecule has 3 N–H and O–H groups in total. The summed E-state index contributed by atoms with van der Waals surface area (Å²) in [4.78, 5) is 25.0. The molecule has 1 saturated heterocycles. The number of hydrogen-bond acceptors (Lipinski definition) is 4. The molecule has 3 amide bonds. The molecule has 1 aromatic carbocycles. The van der Waals surface area contributed by atoms with Gasteiger partial charge in [0.1, 0.15) is 0 Å². The number of halogens is 1. The SMILES string of the molecule is CC(C)NC(=O)NC(=O)[C@@H](C)[NH+]1CCN(S(=O)(=O)c2cccc(Cl)c2)CC1. The Kier molecular flexibility index (Phi) is 7.21. The number of imide groups is 1. The van der Waals surface area contributed by atoms with Gasteiger partial charge in [0.25, 0.3) is 5.91 Å². The normalized spacial score (nSPS) is 17.5. The van der Waals surface area contributed by atoms with Crippen LogP contribution in [0.25, 0.3) is 0 Å². The molecule has 0 bridgehead atoms. The summed E-state index contributed by atoms with van der Waals surface area (Å²) in [6.45, 7) is 6.87. The maximum atomic E-state index is 12.7. The summed E-state index contributed by atoms with van der Waals surface area (Å²) >= 11 is 5.90. The third-order valence-corrected chi connectivity index (χ3v) is 6.59. The second-order valence-electron chi connectivity index (χ2n) is 6.86. The second kappa shape index (κ2) is 9.01. The van der Waals surface area contributed by atoms with E-state index in [0.29, 0.717) is 31.2 Å². The van der Waals surface area contributed by atoms with Crippen LogP contribution in [-0.4, -0.2) is 62.9 Å². The summed E-state index contributed by atoms with van der Waals surface area (Å²) in [6, 6.07) is 5.12. The Morgan fingerprint density at radius 2 is 1.81 bits per heavy atom. The molecule has 0 radical (unpaired) electrons. The Balaban J connectivity index is 1.94. The fourth-order valence-electron chi connectivity index (χ4n) is 2.93. The van der Waals surface area contributed by atoms with E-state index in [2.05, 4.69) is 10.6 Å². The Hall–Kier alpha value is -1.68. The predicted octanol–water partition coefficient (Wildman–Crippen LogP) is -0.148. The summed E-state index contributed by atoms with van der Waals surface area (Å²) in [5.41, 5.74) is 0. The average molecular weight is 418 g/mol. The second-order valence-corrected chi connectivity index (χ2v) is 9.23. The van der Waals surface area contributed by atoms with E-state index < -0.39 is 22.1 Å². The van der Waals surface area contributed by atoms with Crippen LogP contribution in [-0.2, 0) is 14.8 Å². The molecule has 0 aliphatic carbocycles. The lowest BCUT2D eigenvalue weighted by Crippen LogP contribution is -3.19. The monoisotopic (exact) mass is 417 g/mol. The van der Waals surface area contributed by atoms with Gasteiger partial charge in [-0.05, 0) is 39.0 Å². The lowest BCUT2D eigenvalue weighted by molar-refractivity contribution is -0.917. The molecule has 150 valence electrons. The van der Waals surface area contributed by atoms with Crippen molar-refractivity contribution in [2.45, 2.75) is 37.8 Å². The molecule has 0 spiro atoms. The molecule has 1 aromatic rings. The molecule has 1 atom stereocenters. The van der Waals surface area contributed by atoms with Gasteiger partial charge in [-0.3, -0.25) is 10.1 Å². The number of carbonyl (C=O) groups is 2. The maximum absolute atomic E-state index is 12.7. The first-order valence-corrected chi connectivity index (χ1v) is 10.6. The first-order chi connectivity index (χ1) is 12.6. The van der Waals surface area contributed by atoms with Gasteiger partial charge in [-0.1, -0.05) is 17.7 Å². The number of nitrogens with zero attached hydrogens (tertiary/aromatic N) is 1. The van der Waals surface area contributed by atoms with Crippen LogP contribution in [0.2, 0.25) is 5.02 Å². The van der Waals surface area contributed by atoms with Crippen molar-refractivity contribution in [2.24, 2.45) is 0 Å². The molecule has 0 unspecified atom stereocenters. The lowest BCUT2D eigenvalue weighted by Gasteiger charge is -2.34. The van der Waals surface area contributed by atoms with E-state index in [4.69, 9.17) is 11.6 Å². The van der Waals surface area contributed by atoms with E-state index in [1.54, 1.807) is 32.9 Å². The number of nitrogens with one attached hydrogen (secondary N) is 3. The quantitative estimate of drug-likeness (QED) is 0.620. The largest absolute Gasteiger partial charge is 0.336 e. The Bertz CT molecular complexity index is 792. The molecule has 8 nitrogen and oxygen atoms in total. The van der Waals surface area contributed by atoms with Crippen LogP contribution in [0, 0.1) is 0 Å². The number of rotatable bonds is 5. The molecule has 2 rings (SSSR count). The molecule has 0 saturated carbocycles. The van der Waals surface area contributed by atoms with Crippen molar-refractivity contribution < 1.29 is 22.9 Å². The fourth-order valence-corrected chi connectivity index (χ4v) is 4.67. The van der Waals surface area contributed by atoms with Gasteiger partial charge in [0, 0.05) is 11.1 Å². The van der Waals surface area contributed by atoms with E-state index >= 15 is 0 Å². The molecular formula is C17H26ClN4O4S+. The molecule has 10 heteroatoms. The molecular weight excluding hydrogens is 392 g/mol. The minimum atomic E-state index is -3.62. The van der Waals surface area contributed by atoms with Crippen LogP contribution in [0.4, 0.5) is 4.79 Å². The number of sulfonamides is 1. The Labute approximate surface area is 164 Å². The first-order valence-electron chi connectivity index (χ1n) is 8.83. The van der Waals surface area contributed by atoms with Gasteiger partial charge in [0.15, 0.2) is 6.04 Å². The van der Waals surface area contributed by atoms with Gasteiger partial charge in [0.05, 0.1) is 31.1 Å². The van der Waals surface area contributed by atoms with Crippen molar-refractivity contribution >= 4 is 33.6 Å². The van der Waals surface area contributed by atoms with Crippen LogP contribution in [0.1, 0.15) is 20.8 Å². The van der Waals surface area contributed by atoms with Crippen molar-refractivity contribution in [1.82, 2.24) is 14.9 Å². The highest BCUT2D eigenvalue weighted by Crippen LogP contribution is 2.19. The van der Waals surface area contributed by atoms with Crippen LogP contribution in [0.3, 0.4) is 0 Å². The minimum absolute atomic E-state index is 0.0688. The number of quaternary nitrogens is 1. The summed E-state index contributed by atoms with van der Waals surface area (Å²) in [5, 5.41) is 5.29. The Morgan fingerprint density at radius 1 is 1.19 bits per heavy atom. The van der Waals surface area contributed by atoms with Gasteiger partial charge < -0.3 is 10.2 Å². The maximum Gasteiger partial charge on any atom is 0.321 e. The van der Waals surface area contributed by atoms with Gasteiger partial charge in [-0.15, -0.1) is 0 Å². The number of benzene rings is 1. The third kappa shape index (κ3) is 5.65. The minimum Gasteiger partial charge on any atom is -0.336 e. The van der Waals surface area contributed by atoms with Crippen LogP contribution < -0.4 is 15.5 Å². The molecule has 1 heterocycles. The van der Waals surface area contributed by atoms with E-state index in [-0.39, 0.29) is 16.8 Å². The summed E-state index contributed by atoms with van der Waals surface area (Å²) in [5.74, 6) is -0.380. The van der Waals surface area contributed by atoms with Crippen molar-refractivity contribution in [3.63, 3.8) is 0 Å². The zero-order chi connectivity index (χ0) is 20.2. The number of hydrogen-bond donors (Lipinski definition) is 3. The van der Waals surface area contributed by atoms with E-state index in [9.17, 15) is 18.0 Å². The standard InChI is InChI=1S/C17H25ClN4O4S/c1-12(2)19-17(24)20-16(23)13(3)21-7-9-22(10-8-21)27(25,26)15-6-4-5-14(18)11-15/h4-6,11-13H,7-10H2,1-3H3,(H2,19,20,23,24)/p+1/t13-/m1/s1. The van der Waals surface area contributed by atoms with Crippen molar-refractivity contribution in [1.29, 1.82) is 0 Å². The summed E-state index contributed by atoms with van der Waals surface area (Å²) < 4.78 is 26.8. The third-order valence-electron chi connectivity index (χ3n) is 4.46. The molecule has 1 aliphatic rings. The smallest absolute Gasteiger partial charge is 0.321 e. The van der Waals surface area contributed by atoms with Gasteiger partial charge in [0.2, 0.25) is 10.0 Å². The van der Waals surface area contributed by atoms with Crippen LogP contribution in [0.5, 0.6) is 0 Å².